The molecule has 0 radical (unpaired) electrons. The van der Waals surface area contributed by atoms with Crippen LogP contribution >= 0.6 is 0 Å². The number of aromatic nitrogens is 2. The molecular formula is C10H14F3N3O. The van der Waals surface area contributed by atoms with Crippen molar-refractivity contribution in [1.82, 2.24) is 15.1 Å². The Balaban J connectivity index is 2.15. The van der Waals surface area contributed by atoms with Gasteiger partial charge in [-0.05, 0) is 25.9 Å². The van der Waals surface area contributed by atoms with Gasteiger partial charge in [0.05, 0.1) is 6.20 Å². The minimum atomic E-state index is -4.44. The van der Waals surface area contributed by atoms with E-state index in [9.17, 15) is 13.2 Å². The van der Waals surface area contributed by atoms with Gasteiger partial charge in [0, 0.05) is 7.05 Å². The van der Waals surface area contributed by atoms with E-state index < -0.39 is 11.9 Å². The smallest absolute Gasteiger partial charge is 0.436 e. The summed E-state index contributed by atoms with van der Waals surface area (Å²) < 4.78 is 44.4. The summed E-state index contributed by atoms with van der Waals surface area (Å²) in [6.45, 7) is 1.54. The van der Waals surface area contributed by atoms with Crippen molar-refractivity contribution in [3.05, 3.63) is 11.9 Å². The summed E-state index contributed by atoms with van der Waals surface area (Å²) in [6.07, 6.45) is -2.04. The fraction of sp³-hybridized carbons (Fsp3) is 0.700. The fourth-order valence-corrected chi connectivity index (χ4v) is 1.92. The standard InChI is InChI=1S/C10H14F3N3O/c1-16-9(10(11,12)13)8(6-15-16)17-7-2-4-14-5-3-7/h6-7,14H,2-5H2,1H3. The summed E-state index contributed by atoms with van der Waals surface area (Å²) in [5, 5.41) is 6.73. The highest BCUT2D eigenvalue weighted by atomic mass is 19.4. The lowest BCUT2D eigenvalue weighted by molar-refractivity contribution is -0.145. The summed E-state index contributed by atoms with van der Waals surface area (Å²) in [5.74, 6) is -0.174. The molecule has 4 nitrogen and oxygen atoms in total. The maximum Gasteiger partial charge on any atom is 0.436 e. The van der Waals surface area contributed by atoms with Gasteiger partial charge in [0.2, 0.25) is 0 Å². The number of nitrogens with zero attached hydrogens (tertiary/aromatic N) is 2. The van der Waals surface area contributed by atoms with Gasteiger partial charge in [0.15, 0.2) is 11.4 Å². The van der Waals surface area contributed by atoms with Crippen LogP contribution in [0.5, 0.6) is 5.75 Å². The molecule has 2 rings (SSSR count). The second-order valence-corrected chi connectivity index (χ2v) is 4.05. The van der Waals surface area contributed by atoms with Gasteiger partial charge in [-0.15, -0.1) is 0 Å². The second-order valence-electron chi connectivity index (χ2n) is 4.05. The lowest BCUT2D eigenvalue weighted by atomic mass is 10.1. The van der Waals surface area contributed by atoms with Crippen LogP contribution in [0.4, 0.5) is 13.2 Å². The molecule has 0 amide bonds. The number of halogens is 3. The van der Waals surface area contributed by atoms with Gasteiger partial charge in [0.1, 0.15) is 6.10 Å². The van der Waals surface area contributed by atoms with Crippen molar-refractivity contribution < 1.29 is 17.9 Å². The van der Waals surface area contributed by atoms with E-state index in [1.807, 2.05) is 0 Å². The second kappa shape index (κ2) is 4.56. The lowest BCUT2D eigenvalue weighted by Crippen LogP contribution is -2.34. The number of aryl methyl sites for hydroxylation is 1. The van der Waals surface area contributed by atoms with Gasteiger partial charge in [-0.3, -0.25) is 4.68 Å². The molecule has 0 bridgehead atoms. The first kappa shape index (κ1) is 12.2. The van der Waals surface area contributed by atoms with Crippen molar-refractivity contribution in [2.75, 3.05) is 13.1 Å². The van der Waals surface area contributed by atoms with Crippen molar-refractivity contribution in [3.8, 4) is 5.75 Å². The molecule has 0 aromatic carbocycles. The first-order chi connectivity index (χ1) is 7.98. The minimum Gasteiger partial charge on any atom is -0.486 e. The summed E-state index contributed by atoms with van der Waals surface area (Å²) >= 11 is 0. The average Bonchev–Trinajstić information content (AvgIpc) is 2.60. The van der Waals surface area contributed by atoms with E-state index in [0.29, 0.717) is 12.8 Å². The molecule has 1 aliphatic rings. The quantitative estimate of drug-likeness (QED) is 0.864. The molecule has 17 heavy (non-hydrogen) atoms. The van der Waals surface area contributed by atoms with E-state index in [4.69, 9.17) is 4.74 Å². The maximum atomic E-state index is 12.7. The molecule has 1 saturated heterocycles. The van der Waals surface area contributed by atoms with Gasteiger partial charge in [0.25, 0.3) is 0 Å². The summed E-state index contributed by atoms with van der Waals surface area (Å²) in [4.78, 5) is 0. The molecule has 1 fully saturated rings. The van der Waals surface area contributed by atoms with Crippen LogP contribution in [0.15, 0.2) is 6.20 Å². The maximum absolute atomic E-state index is 12.7. The largest absolute Gasteiger partial charge is 0.486 e. The lowest BCUT2D eigenvalue weighted by Gasteiger charge is -2.24. The van der Waals surface area contributed by atoms with Crippen molar-refractivity contribution >= 4 is 0 Å². The van der Waals surface area contributed by atoms with E-state index in [-0.39, 0.29) is 11.9 Å². The van der Waals surface area contributed by atoms with Gasteiger partial charge >= 0.3 is 6.18 Å². The summed E-state index contributed by atoms with van der Waals surface area (Å²) in [5.41, 5.74) is -0.823. The predicted molar refractivity (Wildman–Crippen MR) is 54.7 cm³/mol. The number of piperidine rings is 1. The number of nitrogens with one attached hydrogen (secondary N) is 1. The predicted octanol–water partition coefficient (Wildman–Crippen LogP) is 1.57. The molecule has 0 saturated carbocycles. The molecule has 0 unspecified atom stereocenters. The van der Waals surface area contributed by atoms with Crippen LogP contribution in [0, 0.1) is 0 Å². The van der Waals surface area contributed by atoms with E-state index in [0.717, 1.165) is 24.0 Å². The normalized spacial score (nSPS) is 18.4. The molecular weight excluding hydrogens is 235 g/mol. The third-order valence-electron chi connectivity index (χ3n) is 2.75. The Morgan fingerprint density at radius 3 is 2.65 bits per heavy atom. The molecule has 0 aliphatic carbocycles. The third-order valence-corrected chi connectivity index (χ3v) is 2.75. The van der Waals surface area contributed by atoms with Crippen LogP contribution in [0.2, 0.25) is 0 Å². The van der Waals surface area contributed by atoms with Crippen LogP contribution < -0.4 is 10.1 Å². The first-order valence-electron chi connectivity index (χ1n) is 5.45. The highest BCUT2D eigenvalue weighted by Gasteiger charge is 2.39. The van der Waals surface area contributed by atoms with Crippen LogP contribution in [0.3, 0.4) is 0 Å². The Labute approximate surface area is 96.7 Å². The van der Waals surface area contributed by atoms with E-state index in [2.05, 4.69) is 10.4 Å². The zero-order valence-corrected chi connectivity index (χ0v) is 9.42. The van der Waals surface area contributed by atoms with Crippen LogP contribution in [0.25, 0.3) is 0 Å². The summed E-state index contributed by atoms with van der Waals surface area (Å²) in [6, 6.07) is 0. The van der Waals surface area contributed by atoms with Crippen molar-refractivity contribution in [3.63, 3.8) is 0 Å². The van der Waals surface area contributed by atoms with Gasteiger partial charge < -0.3 is 10.1 Å². The molecule has 1 aliphatic heterocycles. The van der Waals surface area contributed by atoms with Gasteiger partial charge in [-0.2, -0.15) is 18.3 Å². The molecule has 96 valence electrons. The third kappa shape index (κ3) is 2.71. The first-order valence-corrected chi connectivity index (χ1v) is 5.45. The van der Waals surface area contributed by atoms with Crippen LogP contribution in [0.1, 0.15) is 18.5 Å². The van der Waals surface area contributed by atoms with E-state index in [1.165, 1.54) is 7.05 Å². The number of ether oxygens (including phenoxy) is 1. The number of hydrogen-bond acceptors (Lipinski definition) is 3. The Morgan fingerprint density at radius 2 is 2.06 bits per heavy atom. The van der Waals surface area contributed by atoms with Gasteiger partial charge in [-0.25, -0.2) is 0 Å². The molecule has 1 aromatic rings. The zero-order chi connectivity index (χ0) is 12.5. The topological polar surface area (TPSA) is 39.1 Å². The Hall–Kier alpha value is -1.24. The Morgan fingerprint density at radius 1 is 1.41 bits per heavy atom. The van der Waals surface area contributed by atoms with E-state index >= 15 is 0 Å². The molecule has 7 heteroatoms. The monoisotopic (exact) mass is 249 g/mol. The highest BCUT2D eigenvalue weighted by molar-refractivity contribution is 5.28. The highest BCUT2D eigenvalue weighted by Crippen LogP contribution is 2.36. The minimum absolute atomic E-state index is 0.165. The van der Waals surface area contributed by atoms with Crippen LogP contribution in [-0.2, 0) is 13.2 Å². The van der Waals surface area contributed by atoms with Crippen molar-refractivity contribution in [2.24, 2.45) is 7.05 Å². The molecule has 0 spiro atoms. The molecule has 1 N–H and O–H groups in total. The average molecular weight is 249 g/mol. The molecule has 1 aromatic heterocycles. The molecule has 0 atom stereocenters. The van der Waals surface area contributed by atoms with Crippen LogP contribution in [-0.4, -0.2) is 29.0 Å². The summed E-state index contributed by atoms with van der Waals surface area (Å²) in [7, 11) is 1.26. The Bertz CT molecular complexity index is 383. The fourth-order valence-electron chi connectivity index (χ4n) is 1.92. The number of rotatable bonds is 2. The number of hydrogen-bond donors (Lipinski definition) is 1. The van der Waals surface area contributed by atoms with Gasteiger partial charge in [-0.1, -0.05) is 0 Å². The van der Waals surface area contributed by atoms with Crippen molar-refractivity contribution in [2.45, 2.75) is 25.1 Å². The van der Waals surface area contributed by atoms with E-state index in [1.54, 1.807) is 0 Å². The molecule has 2 heterocycles. The number of alkyl halides is 3. The Kier molecular flexibility index (Phi) is 3.28. The SMILES string of the molecule is Cn1ncc(OC2CCNCC2)c1C(F)(F)F. The van der Waals surface area contributed by atoms with Crippen molar-refractivity contribution in [1.29, 1.82) is 0 Å². The zero-order valence-electron chi connectivity index (χ0n) is 9.42.